The van der Waals surface area contributed by atoms with Gasteiger partial charge in [0.2, 0.25) is 0 Å². The number of fused-ring (bicyclic) bond motifs is 1. The molecule has 0 spiro atoms. The van der Waals surface area contributed by atoms with E-state index in [0.717, 1.165) is 36.6 Å². The molecule has 148 valence electrons. The Hall–Kier alpha value is -2.44. The largest absolute Gasteiger partial charge is 0.495 e. The van der Waals surface area contributed by atoms with E-state index in [4.69, 9.17) is 20.3 Å². The molecule has 3 rings (SSSR count). The molecule has 1 aliphatic carbocycles. The fourth-order valence-corrected chi connectivity index (χ4v) is 3.65. The van der Waals surface area contributed by atoms with Crippen molar-refractivity contribution in [1.82, 2.24) is 14.7 Å². The van der Waals surface area contributed by atoms with E-state index in [9.17, 15) is 4.79 Å². The van der Waals surface area contributed by atoms with Crippen LogP contribution in [0.15, 0.2) is 18.3 Å². The highest BCUT2D eigenvalue weighted by atomic mass is 16.6. The Labute approximate surface area is 160 Å². The number of hydrogen-bond donors (Lipinski definition) is 1. The molecule has 0 bridgehead atoms. The van der Waals surface area contributed by atoms with Crippen molar-refractivity contribution in [3.63, 3.8) is 0 Å². The number of methoxy groups -OCH3 is 1. The van der Waals surface area contributed by atoms with Gasteiger partial charge in [0.15, 0.2) is 0 Å². The molecule has 1 aromatic heterocycles. The van der Waals surface area contributed by atoms with E-state index in [1.165, 1.54) is 0 Å². The number of nitrogens with two attached hydrogens (primary N) is 1. The van der Waals surface area contributed by atoms with Crippen LogP contribution in [0, 0.1) is 0 Å². The predicted octanol–water partition coefficient (Wildman–Crippen LogP) is 3.98. The standard InChI is InChI=1S/C20H30N4O3/c1-20(2,3)27-19(25)23(4)14-6-8-15(9-7-14)24-12-13-10-16(21)18(26-5)11-17(13)22-24/h10-12,14-15H,6-9,21H2,1-5H3. The summed E-state index contributed by atoms with van der Waals surface area (Å²) in [5.41, 5.74) is 7.03. The average Bonchev–Trinajstić information content (AvgIpc) is 3.01. The SMILES string of the molecule is COc1cc2nn(C3CCC(N(C)C(=O)OC(C)(C)C)CC3)cc2cc1N. The maximum absolute atomic E-state index is 12.3. The molecule has 0 saturated heterocycles. The van der Waals surface area contributed by atoms with Crippen LogP contribution in [-0.2, 0) is 4.74 Å². The highest BCUT2D eigenvalue weighted by Gasteiger charge is 2.30. The zero-order chi connectivity index (χ0) is 19.8. The fourth-order valence-electron chi connectivity index (χ4n) is 3.65. The van der Waals surface area contributed by atoms with Crippen molar-refractivity contribution in [3.05, 3.63) is 18.3 Å². The molecular formula is C20H30N4O3. The van der Waals surface area contributed by atoms with Crippen molar-refractivity contribution < 1.29 is 14.3 Å². The third kappa shape index (κ3) is 4.28. The van der Waals surface area contributed by atoms with Crippen LogP contribution in [0.1, 0.15) is 52.5 Å². The number of carbonyl (C=O) groups is 1. The van der Waals surface area contributed by atoms with Gasteiger partial charge in [-0.2, -0.15) is 5.10 Å². The maximum atomic E-state index is 12.3. The highest BCUT2D eigenvalue weighted by molar-refractivity contribution is 5.84. The summed E-state index contributed by atoms with van der Waals surface area (Å²) in [6.07, 6.45) is 5.60. The van der Waals surface area contributed by atoms with Gasteiger partial charge in [-0.05, 0) is 52.5 Å². The number of nitrogen functional groups attached to an aromatic ring is 1. The number of carbonyl (C=O) groups excluding carboxylic acids is 1. The topological polar surface area (TPSA) is 82.6 Å². The molecule has 2 N–H and O–H groups in total. The Morgan fingerprint density at radius 1 is 1.26 bits per heavy atom. The minimum Gasteiger partial charge on any atom is -0.495 e. The van der Waals surface area contributed by atoms with E-state index in [-0.39, 0.29) is 12.1 Å². The second-order valence-electron chi connectivity index (χ2n) is 8.32. The van der Waals surface area contributed by atoms with Gasteiger partial charge in [-0.3, -0.25) is 4.68 Å². The molecule has 1 heterocycles. The quantitative estimate of drug-likeness (QED) is 0.822. The van der Waals surface area contributed by atoms with Gasteiger partial charge in [0.1, 0.15) is 11.4 Å². The van der Waals surface area contributed by atoms with Gasteiger partial charge in [-0.15, -0.1) is 0 Å². The lowest BCUT2D eigenvalue weighted by molar-refractivity contribution is 0.0173. The van der Waals surface area contributed by atoms with Crippen LogP contribution in [0.2, 0.25) is 0 Å². The van der Waals surface area contributed by atoms with Crippen LogP contribution in [0.4, 0.5) is 10.5 Å². The van der Waals surface area contributed by atoms with Crippen LogP contribution >= 0.6 is 0 Å². The van der Waals surface area contributed by atoms with E-state index in [1.807, 2.05) is 50.8 Å². The predicted molar refractivity (Wildman–Crippen MR) is 106 cm³/mol. The average molecular weight is 374 g/mol. The Kier molecular flexibility index (Phi) is 5.22. The molecule has 1 saturated carbocycles. The number of anilines is 1. The summed E-state index contributed by atoms with van der Waals surface area (Å²) < 4.78 is 12.8. The summed E-state index contributed by atoms with van der Waals surface area (Å²) in [7, 11) is 3.44. The molecule has 1 fully saturated rings. The molecule has 27 heavy (non-hydrogen) atoms. The Morgan fingerprint density at radius 2 is 1.93 bits per heavy atom. The van der Waals surface area contributed by atoms with Crippen molar-refractivity contribution in [3.8, 4) is 5.75 Å². The molecule has 0 atom stereocenters. The van der Waals surface area contributed by atoms with E-state index in [2.05, 4.69) is 0 Å². The van der Waals surface area contributed by atoms with Gasteiger partial charge in [-0.1, -0.05) is 0 Å². The number of benzene rings is 1. The van der Waals surface area contributed by atoms with E-state index < -0.39 is 5.60 Å². The van der Waals surface area contributed by atoms with Crippen molar-refractivity contribution in [1.29, 1.82) is 0 Å². The van der Waals surface area contributed by atoms with Crippen molar-refractivity contribution in [2.75, 3.05) is 19.9 Å². The normalized spacial score (nSPS) is 20.5. The third-order valence-electron chi connectivity index (χ3n) is 5.14. The highest BCUT2D eigenvalue weighted by Crippen LogP contribution is 2.33. The van der Waals surface area contributed by atoms with Gasteiger partial charge >= 0.3 is 6.09 Å². The van der Waals surface area contributed by atoms with Crippen LogP contribution in [0.5, 0.6) is 5.75 Å². The minimum absolute atomic E-state index is 0.205. The lowest BCUT2D eigenvalue weighted by Crippen LogP contribution is -2.42. The van der Waals surface area contributed by atoms with Crippen LogP contribution in [0.25, 0.3) is 10.9 Å². The van der Waals surface area contributed by atoms with Gasteiger partial charge in [0, 0.05) is 30.7 Å². The van der Waals surface area contributed by atoms with E-state index >= 15 is 0 Å². The molecule has 0 aliphatic heterocycles. The lowest BCUT2D eigenvalue weighted by atomic mass is 9.90. The van der Waals surface area contributed by atoms with Crippen molar-refractivity contribution >= 4 is 22.7 Å². The molecule has 1 amide bonds. The lowest BCUT2D eigenvalue weighted by Gasteiger charge is -2.35. The van der Waals surface area contributed by atoms with Crippen LogP contribution < -0.4 is 10.5 Å². The zero-order valence-corrected chi connectivity index (χ0v) is 16.9. The van der Waals surface area contributed by atoms with Crippen LogP contribution in [-0.4, -0.2) is 46.6 Å². The van der Waals surface area contributed by atoms with Crippen molar-refractivity contribution in [2.24, 2.45) is 0 Å². The first-order chi connectivity index (χ1) is 12.7. The fraction of sp³-hybridized carbons (Fsp3) is 0.600. The summed E-state index contributed by atoms with van der Waals surface area (Å²) >= 11 is 0. The molecule has 7 heteroatoms. The Bertz CT molecular complexity index is 816. The van der Waals surface area contributed by atoms with Crippen LogP contribution in [0.3, 0.4) is 0 Å². The number of amides is 1. The summed E-state index contributed by atoms with van der Waals surface area (Å²) in [4.78, 5) is 14.0. The van der Waals surface area contributed by atoms with Gasteiger partial charge in [0.05, 0.1) is 24.4 Å². The molecule has 7 nitrogen and oxygen atoms in total. The van der Waals surface area contributed by atoms with Gasteiger partial charge in [-0.25, -0.2) is 4.79 Å². The number of aromatic nitrogens is 2. The molecule has 2 aromatic rings. The summed E-state index contributed by atoms with van der Waals surface area (Å²) in [6, 6.07) is 4.31. The summed E-state index contributed by atoms with van der Waals surface area (Å²) in [6.45, 7) is 5.67. The first kappa shape index (κ1) is 19.3. The molecular weight excluding hydrogens is 344 g/mol. The maximum Gasteiger partial charge on any atom is 0.410 e. The second kappa shape index (κ2) is 7.29. The number of ether oxygens (including phenoxy) is 2. The zero-order valence-electron chi connectivity index (χ0n) is 16.9. The number of nitrogens with zero attached hydrogens (tertiary/aromatic N) is 3. The number of rotatable bonds is 3. The molecule has 1 aromatic carbocycles. The second-order valence-corrected chi connectivity index (χ2v) is 8.32. The van der Waals surface area contributed by atoms with E-state index in [1.54, 1.807) is 12.0 Å². The minimum atomic E-state index is -0.472. The molecule has 0 unspecified atom stereocenters. The molecule has 0 radical (unpaired) electrons. The monoisotopic (exact) mass is 374 g/mol. The number of hydrogen-bond acceptors (Lipinski definition) is 5. The van der Waals surface area contributed by atoms with Gasteiger partial charge < -0.3 is 20.1 Å². The Balaban J connectivity index is 1.65. The third-order valence-corrected chi connectivity index (χ3v) is 5.14. The van der Waals surface area contributed by atoms with Crippen molar-refractivity contribution in [2.45, 2.75) is 64.1 Å². The smallest absolute Gasteiger partial charge is 0.410 e. The summed E-state index contributed by atoms with van der Waals surface area (Å²) in [5, 5.41) is 5.73. The first-order valence-electron chi connectivity index (χ1n) is 9.46. The van der Waals surface area contributed by atoms with E-state index in [0.29, 0.717) is 17.5 Å². The summed E-state index contributed by atoms with van der Waals surface area (Å²) in [5.74, 6) is 0.649. The Morgan fingerprint density at radius 3 is 2.52 bits per heavy atom. The van der Waals surface area contributed by atoms with Gasteiger partial charge in [0.25, 0.3) is 0 Å². The molecule has 1 aliphatic rings. The first-order valence-corrected chi connectivity index (χ1v) is 9.46.